The second-order valence-corrected chi connectivity index (χ2v) is 13.1. The average molecular weight is 433 g/mol. The van der Waals surface area contributed by atoms with E-state index in [0.717, 1.165) is 38.6 Å². The molecular formula is C27H44O4. The molecule has 2 spiro atoms. The van der Waals surface area contributed by atoms with Crippen LogP contribution < -0.4 is 0 Å². The minimum Gasteiger partial charge on any atom is -0.400 e. The van der Waals surface area contributed by atoms with Crippen molar-refractivity contribution in [2.45, 2.75) is 110 Å². The molecule has 5 aliphatic carbocycles. The number of hydrogen-bond donors (Lipinski definition) is 2. The van der Waals surface area contributed by atoms with E-state index in [4.69, 9.17) is 9.84 Å². The fourth-order valence-electron chi connectivity index (χ4n) is 10.9. The van der Waals surface area contributed by atoms with E-state index < -0.39 is 0 Å². The number of fused-ring (bicyclic) bond motifs is 4. The number of rotatable bonds is 1. The van der Waals surface area contributed by atoms with E-state index in [1.807, 2.05) is 0 Å². The molecule has 4 nitrogen and oxygen atoms in total. The zero-order valence-electron chi connectivity index (χ0n) is 20.3. The van der Waals surface area contributed by atoms with E-state index in [2.05, 4.69) is 27.7 Å². The molecule has 176 valence electrons. The molecule has 0 amide bonds. The molecular weight excluding hydrogens is 388 g/mol. The zero-order chi connectivity index (χ0) is 22.4. The first-order valence-corrected chi connectivity index (χ1v) is 12.9. The van der Waals surface area contributed by atoms with Crippen molar-refractivity contribution in [1.82, 2.24) is 0 Å². The third kappa shape index (κ3) is 2.46. The molecule has 1 aliphatic heterocycles. The van der Waals surface area contributed by atoms with Gasteiger partial charge < -0.3 is 19.7 Å². The van der Waals surface area contributed by atoms with Crippen molar-refractivity contribution in [2.24, 2.45) is 44.8 Å². The van der Waals surface area contributed by atoms with Gasteiger partial charge in [-0.05, 0) is 109 Å². The first kappa shape index (κ1) is 22.3. The number of carbonyl (C=O) groups is 1. The topological polar surface area (TPSA) is 66.8 Å². The smallest absolute Gasteiger partial charge is 0.148 e. The zero-order valence-corrected chi connectivity index (χ0v) is 20.3. The Balaban J connectivity index is 0.000000994. The third-order valence-corrected chi connectivity index (χ3v) is 12.5. The largest absolute Gasteiger partial charge is 0.400 e. The van der Waals surface area contributed by atoms with Gasteiger partial charge in [-0.1, -0.05) is 27.7 Å². The Hall–Kier alpha value is -0.450. The van der Waals surface area contributed by atoms with E-state index >= 15 is 0 Å². The minimum absolute atomic E-state index is 0.0678. The predicted octanol–water partition coefficient (Wildman–Crippen LogP) is 4.75. The molecule has 6 aliphatic rings. The molecule has 31 heavy (non-hydrogen) atoms. The van der Waals surface area contributed by atoms with Crippen molar-refractivity contribution in [3.8, 4) is 0 Å². The van der Waals surface area contributed by atoms with Crippen molar-refractivity contribution < 1.29 is 19.7 Å². The van der Waals surface area contributed by atoms with Gasteiger partial charge in [-0.25, -0.2) is 0 Å². The van der Waals surface area contributed by atoms with Crippen LogP contribution >= 0.6 is 0 Å². The van der Waals surface area contributed by atoms with E-state index in [1.165, 1.54) is 44.9 Å². The maximum absolute atomic E-state index is 11.4. The molecule has 0 aromatic carbocycles. The summed E-state index contributed by atoms with van der Waals surface area (Å²) < 4.78 is 6.36. The van der Waals surface area contributed by atoms with Crippen LogP contribution in [0.15, 0.2) is 0 Å². The second-order valence-electron chi connectivity index (χ2n) is 13.1. The van der Waals surface area contributed by atoms with Crippen LogP contribution in [0.4, 0.5) is 0 Å². The highest BCUT2D eigenvalue weighted by Gasteiger charge is 2.82. The number of carbonyl (C=O) groups excluding carboxylic acids is 1. The monoisotopic (exact) mass is 432 g/mol. The number of hydrogen-bond acceptors (Lipinski definition) is 4. The SMILES string of the molecule is CC1(C)[C@@H](O)CCC23C[C@]24CCC2(C)C5CCC(C=O)OC5C[C@@]2(C)C4CC[C@@H]13.CO. The van der Waals surface area contributed by atoms with E-state index in [0.29, 0.717) is 39.6 Å². The highest BCUT2D eigenvalue weighted by molar-refractivity contribution is 5.56. The van der Waals surface area contributed by atoms with Gasteiger partial charge in [0.2, 0.25) is 0 Å². The number of ether oxygens (including phenoxy) is 1. The lowest BCUT2D eigenvalue weighted by molar-refractivity contribution is -0.161. The van der Waals surface area contributed by atoms with E-state index in [1.54, 1.807) is 0 Å². The standard InChI is InChI=1S/C26H40O3.CH4O/c1-22(2)19-7-8-20-24(4)13-18-17(6-5-16(14-27)29-18)23(24,3)11-12-26(20)15-25(19,26)10-9-21(22)28;1-2/h14,16-21,28H,5-13,15H2,1-4H3;2H,1H3/t16?,17?,18?,19-,20?,21-,23?,24-,25?,26-;/m0./s1. The van der Waals surface area contributed by atoms with Gasteiger partial charge in [0.25, 0.3) is 0 Å². The van der Waals surface area contributed by atoms with E-state index in [9.17, 15) is 9.90 Å². The minimum atomic E-state index is -0.166. The highest BCUT2D eigenvalue weighted by Crippen LogP contribution is 2.89. The van der Waals surface area contributed by atoms with Gasteiger partial charge in [0.05, 0.1) is 12.2 Å². The molecule has 6 unspecified atom stereocenters. The summed E-state index contributed by atoms with van der Waals surface area (Å²) in [7, 11) is 1.00. The summed E-state index contributed by atoms with van der Waals surface area (Å²) >= 11 is 0. The van der Waals surface area contributed by atoms with Gasteiger partial charge in [0.1, 0.15) is 12.4 Å². The molecule has 10 atom stereocenters. The van der Waals surface area contributed by atoms with Gasteiger partial charge in [-0.3, -0.25) is 0 Å². The Bertz CT molecular complexity index is 750. The summed E-state index contributed by atoms with van der Waals surface area (Å²) in [5, 5.41) is 17.8. The molecule has 6 fully saturated rings. The van der Waals surface area contributed by atoms with Crippen molar-refractivity contribution >= 4 is 6.29 Å². The predicted molar refractivity (Wildman–Crippen MR) is 120 cm³/mol. The van der Waals surface area contributed by atoms with Gasteiger partial charge in [0.15, 0.2) is 0 Å². The van der Waals surface area contributed by atoms with Crippen molar-refractivity contribution in [3.05, 3.63) is 0 Å². The lowest BCUT2D eigenvalue weighted by Crippen LogP contribution is -2.57. The van der Waals surface area contributed by atoms with Crippen LogP contribution in [0.3, 0.4) is 0 Å². The normalized spacial score (nSPS) is 58.3. The number of aldehydes is 1. The molecule has 1 saturated heterocycles. The number of aliphatic hydroxyl groups is 2. The van der Waals surface area contributed by atoms with Gasteiger partial charge in [0, 0.05) is 7.11 Å². The Kier molecular flexibility index (Phi) is 4.90. The molecule has 5 saturated carbocycles. The maximum Gasteiger partial charge on any atom is 0.148 e. The molecule has 0 bridgehead atoms. The van der Waals surface area contributed by atoms with Crippen LogP contribution in [0.1, 0.15) is 91.9 Å². The molecule has 1 heterocycles. The van der Waals surface area contributed by atoms with Gasteiger partial charge in [-0.15, -0.1) is 0 Å². The molecule has 4 heteroatoms. The molecule has 0 radical (unpaired) electrons. The van der Waals surface area contributed by atoms with Crippen LogP contribution in [-0.4, -0.2) is 41.9 Å². The molecule has 0 aromatic rings. The van der Waals surface area contributed by atoms with Crippen LogP contribution in [0, 0.1) is 44.8 Å². The summed E-state index contributed by atoms with van der Waals surface area (Å²) in [6.07, 6.45) is 13.4. The van der Waals surface area contributed by atoms with Crippen LogP contribution in [0.25, 0.3) is 0 Å². The van der Waals surface area contributed by atoms with Crippen molar-refractivity contribution in [1.29, 1.82) is 0 Å². The summed E-state index contributed by atoms with van der Waals surface area (Å²) in [6.45, 7) is 9.90. The summed E-state index contributed by atoms with van der Waals surface area (Å²) in [5.74, 6) is 2.14. The highest BCUT2D eigenvalue weighted by atomic mass is 16.5. The summed E-state index contributed by atoms with van der Waals surface area (Å²) in [4.78, 5) is 11.4. The Morgan fingerprint density at radius 3 is 2.23 bits per heavy atom. The Morgan fingerprint density at radius 2 is 1.52 bits per heavy atom. The van der Waals surface area contributed by atoms with Crippen LogP contribution in [-0.2, 0) is 9.53 Å². The molecule has 6 rings (SSSR count). The van der Waals surface area contributed by atoms with Crippen LogP contribution in [0.5, 0.6) is 0 Å². The van der Waals surface area contributed by atoms with Gasteiger partial charge >= 0.3 is 0 Å². The Labute approximate surface area is 188 Å². The fourth-order valence-corrected chi connectivity index (χ4v) is 10.9. The first-order chi connectivity index (χ1) is 14.6. The number of aliphatic hydroxyl groups excluding tert-OH is 2. The van der Waals surface area contributed by atoms with Crippen LogP contribution in [0.2, 0.25) is 0 Å². The van der Waals surface area contributed by atoms with E-state index in [-0.39, 0.29) is 17.6 Å². The quantitative estimate of drug-likeness (QED) is 0.587. The molecule has 0 aromatic heterocycles. The lowest BCUT2D eigenvalue weighted by Gasteiger charge is -2.63. The lowest BCUT2D eigenvalue weighted by atomic mass is 9.42. The summed E-state index contributed by atoms with van der Waals surface area (Å²) in [5.41, 5.74) is 1.80. The molecule has 2 N–H and O–H groups in total. The van der Waals surface area contributed by atoms with Gasteiger partial charge in [-0.2, -0.15) is 0 Å². The fraction of sp³-hybridized carbons (Fsp3) is 0.963. The average Bonchev–Trinajstić information content (AvgIpc) is 3.37. The summed E-state index contributed by atoms with van der Waals surface area (Å²) in [6, 6.07) is 0. The maximum atomic E-state index is 11.4. The van der Waals surface area contributed by atoms with Crippen molar-refractivity contribution in [2.75, 3.05) is 7.11 Å². The third-order valence-electron chi connectivity index (χ3n) is 12.5. The van der Waals surface area contributed by atoms with Crippen molar-refractivity contribution in [3.63, 3.8) is 0 Å². The Morgan fingerprint density at radius 1 is 0.839 bits per heavy atom. The second kappa shape index (κ2) is 6.79. The first-order valence-electron chi connectivity index (χ1n) is 12.9.